The molecule has 0 aliphatic carbocycles. The van der Waals surface area contributed by atoms with E-state index >= 15 is 0 Å². The molecule has 6 heteroatoms. The van der Waals surface area contributed by atoms with Gasteiger partial charge in [-0.3, -0.25) is 4.99 Å². The zero-order chi connectivity index (χ0) is 14.1. The van der Waals surface area contributed by atoms with Gasteiger partial charge in [0, 0.05) is 23.4 Å². The van der Waals surface area contributed by atoms with E-state index < -0.39 is 0 Å². The van der Waals surface area contributed by atoms with Crippen molar-refractivity contribution in [3.8, 4) is 0 Å². The summed E-state index contributed by atoms with van der Waals surface area (Å²) in [6, 6.07) is 6.20. The van der Waals surface area contributed by atoms with Crippen LogP contribution in [0.2, 0.25) is 5.02 Å². The van der Waals surface area contributed by atoms with Crippen LogP contribution in [0.1, 0.15) is 12.8 Å². The van der Waals surface area contributed by atoms with Crippen LogP contribution in [0.15, 0.2) is 27.7 Å². The highest BCUT2D eigenvalue weighted by molar-refractivity contribution is 9.10. The van der Waals surface area contributed by atoms with Crippen LogP contribution in [-0.2, 0) is 4.74 Å². The fourth-order valence-corrected chi connectivity index (χ4v) is 3.42. The Bertz CT molecular complexity index is 531. The molecule has 2 aliphatic rings. The molecule has 1 atom stereocenters. The standard InChI is InChI=1S/C14H17BrClN3O/c15-11-7-10(1-2-12(11)16)19-13(8-18-14(19)17)9-3-5-20-6-4-9/h1-2,7,9,13H,3-6,8H2,(H2,17,18). The van der Waals surface area contributed by atoms with Gasteiger partial charge in [0.1, 0.15) is 0 Å². The highest BCUT2D eigenvalue weighted by Crippen LogP contribution is 2.33. The summed E-state index contributed by atoms with van der Waals surface area (Å²) in [6.45, 7) is 2.43. The molecule has 0 radical (unpaired) electrons. The minimum Gasteiger partial charge on any atom is -0.381 e. The Morgan fingerprint density at radius 1 is 1.35 bits per heavy atom. The first kappa shape index (κ1) is 14.2. The van der Waals surface area contributed by atoms with E-state index in [0.717, 1.165) is 42.8 Å². The Kier molecular flexibility index (Phi) is 4.19. The molecule has 1 aromatic carbocycles. The highest BCUT2D eigenvalue weighted by atomic mass is 79.9. The Balaban J connectivity index is 1.87. The summed E-state index contributed by atoms with van der Waals surface area (Å²) < 4.78 is 6.33. The molecule has 4 nitrogen and oxygen atoms in total. The zero-order valence-electron chi connectivity index (χ0n) is 11.1. The summed E-state index contributed by atoms with van der Waals surface area (Å²) >= 11 is 9.54. The number of nitrogens with two attached hydrogens (primary N) is 1. The fourth-order valence-electron chi connectivity index (χ4n) is 2.93. The number of rotatable bonds is 2. The predicted octanol–water partition coefficient (Wildman–Crippen LogP) is 3.03. The summed E-state index contributed by atoms with van der Waals surface area (Å²) in [4.78, 5) is 6.57. The lowest BCUT2D eigenvalue weighted by molar-refractivity contribution is 0.0603. The number of ether oxygens (including phenoxy) is 1. The van der Waals surface area contributed by atoms with E-state index in [4.69, 9.17) is 22.1 Å². The summed E-state index contributed by atoms with van der Waals surface area (Å²) in [6.07, 6.45) is 2.14. The third-order valence-corrected chi connectivity index (χ3v) is 5.22. The van der Waals surface area contributed by atoms with Gasteiger partial charge in [0.15, 0.2) is 5.96 Å². The molecule has 1 fully saturated rings. The topological polar surface area (TPSA) is 50.9 Å². The van der Waals surface area contributed by atoms with E-state index in [9.17, 15) is 0 Å². The maximum Gasteiger partial charge on any atom is 0.196 e. The third-order valence-electron chi connectivity index (χ3n) is 4.01. The first-order valence-electron chi connectivity index (χ1n) is 6.79. The molecule has 108 valence electrons. The summed E-state index contributed by atoms with van der Waals surface area (Å²) in [5, 5.41) is 0.700. The van der Waals surface area contributed by atoms with Crippen molar-refractivity contribution in [2.75, 3.05) is 24.7 Å². The molecule has 0 aromatic heterocycles. The van der Waals surface area contributed by atoms with Crippen LogP contribution in [0.4, 0.5) is 5.69 Å². The second-order valence-electron chi connectivity index (χ2n) is 5.18. The maximum absolute atomic E-state index is 6.09. The molecule has 0 bridgehead atoms. The van der Waals surface area contributed by atoms with Crippen LogP contribution in [-0.4, -0.2) is 31.8 Å². The Hall–Kier alpha value is -0.780. The van der Waals surface area contributed by atoms with Crippen molar-refractivity contribution in [1.82, 2.24) is 0 Å². The zero-order valence-corrected chi connectivity index (χ0v) is 13.4. The highest BCUT2D eigenvalue weighted by Gasteiger charge is 2.34. The van der Waals surface area contributed by atoms with Crippen LogP contribution in [0.25, 0.3) is 0 Å². The van der Waals surface area contributed by atoms with Crippen LogP contribution < -0.4 is 10.6 Å². The first-order valence-corrected chi connectivity index (χ1v) is 7.96. The van der Waals surface area contributed by atoms with E-state index in [0.29, 0.717) is 22.9 Å². The average Bonchev–Trinajstić information content (AvgIpc) is 2.85. The van der Waals surface area contributed by atoms with Crippen molar-refractivity contribution in [3.05, 3.63) is 27.7 Å². The molecule has 20 heavy (non-hydrogen) atoms. The molecule has 3 rings (SSSR count). The van der Waals surface area contributed by atoms with Gasteiger partial charge >= 0.3 is 0 Å². The lowest BCUT2D eigenvalue weighted by atomic mass is 9.91. The molecule has 2 aliphatic heterocycles. The number of halogens is 2. The van der Waals surface area contributed by atoms with Gasteiger partial charge in [0.2, 0.25) is 0 Å². The van der Waals surface area contributed by atoms with E-state index in [-0.39, 0.29) is 0 Å². The Labute approximate surface area is 132 Å². The van der Waals surface area contributed by atoms with Crippen molar-refractivity contribution in [2.24, 2.45) is 16.6 Å². The quantitative estimate of drug-likeness (QED) is 0.884. The third kappa shape index (κ3) is 2.67. The first-order chi connectivity index (χ1) is 9.66. The summed E-state index contributed by atoms with van der Waals surface area (Å²) in [7, 11) is 0. The minimum atomic E-state index is 0.326. The SMILES string of the molecule is NC1=NCC(C2CCOCC2)N1c1ccc(Cl)c(Br)c1. The van der Waals surface area contributed by atoms with E-state index in [2.05, 4.69) is 25.8 Å². The van der Waals surface area contributed by atoms with Gasteiger partial charge in [-0.15, -0.1) is 0 Å². The van der Waals surface area contributed by atoms with Gasteiger partial charge in [-0.2, -0.15) is 0 Å². The van der Waals surface area contributed by atoms with Crippen molar-refractivity contribution < 1.29 is 4.74 Å². The number of nitrogens with zero attached hydrogens (tertiary/aromatic N) is 2. The van der Waals surface area contributed by atoms with Gasteiger partial charge in [0.25, 0.3) is 0 Å². The molecule has 0 amide bonds. The molecular weight excluding hydrogens is 342 g/mol. The Morgan fingerprint density at radius 3 is 2.80 bits per heavy atom. The molecule has 2 N–H and O–H groups in total. The molecule has 1 saturated heterocycles. The molecule has 0 spiro atoms. The van der Waals surface area contributed by atoms with Crippen LogP contribution in [0.3, 0.4) is 0 Å². The summed E-state index contributed by atoms with van der Waals surface area (Å²) in [5.74, 6) is 1.17. The average molecular weight is 359 g/mol. The van der Waals surface area contributed by atoms with E-state index in [1.807, 2.05) is 18.2 Å². The number of hydrogen-bond donors (Lipinski definition) is 1. The molecule has 2 heterocycles. The number of aliphatic imine (C=N–C) groups is 1. The fraction of sp³-hybridized carbons (Fsp3) is 0.500. The molecule has 0 saturated carbocycles. The van der Waals surface area contributed by atoms with Crippen molar-refractivity contribution in [1.29, 1.82) is 0 Å². The molecule has 1 aromatic rings. The van der Waals surface area contributed by atoms with Gasteiger partial charge in [-0.1, -0.05) is 11.6 Å². The lowest BCUT2D eigenvalue weighted by Crippen LogP contribution is -2.46. The van der Waals surface area contributed by atoms with Crippen molar-refractivity contribution in [3.63, 3.8) is 0 Å². The monoisotopic (exact) mass is 357 g/mol. The van der Waals surface area contributed by atoms with Crippen molar-refractivity contribution in [2.45, 2.75) is 18.9 Å². The number of anilines is 1. The maximum atomic E-state index is 6.09. The van der Waals surface area contributed by atoms with Crippen LogP contribution in [0, 0.1) is 5.92 Å². The second kappa shape index (κ2) is 5.92. The number of benzene rings is 1. The molecular formula is C14H17BrClN3O. The van der Waals surface area contributed by atoms with Crippen LogP contribution in [0.5, 0.6) is 0 Å². The largest absolute Gasteiger partial charge is 0.381 e. The lowest BCUT2D eigenvalue weighted by Gasteiger charge is -2.34. The van der Waals surface area contributed by atoms with E-state index in [1.165, 1.54) is 0 Å². The summed E-state index contributed by atoms with van der Waals surface area (Å²) in [5.41, 5.74) is 7.13. The van der Waals surface area contributed by atoms with E-state index in [1.54, 1.807) is 0 Å². The smallest absolute Gasteiger partial charge is 0.196 e. The predicted molar refractivity (Wildman–Crippen MR) is 85.5 cm³/mol. The van der Waals surface area contributed by atoms with Gasteiger partial charge < -0.3 is 15.4 Å². The van der Waals surface area contributed by atoms with Crippen molar-refractivity contribution >= 4 is 39.2 Å². The van der Waals surface area contributed by atoms with Gasteiger partial charge in [-0.05, 0) is 52.9 Å². The second-order valence-corrected chi connectivity index (χ2v) is 6.45. The van der Waals surface area contributed by atoms with Crippen LogP contribution >= 0.6 is 27.5 Å². The number of guanidine groups is 1. The number of hydrogen-bond acceptors (Lipinski definition) is 4. The van der Waals surface area contributed by atoms with Gasteiger partial charge in [0.05, 0.1) is 17.6 Å². The Morgan fingerprint density at radius 2 is 2.10 bits per heavy atom. The minimum absolute atomic E-state index is 0.326. The normalized spacial score (nSPS) is 24.0. The molecule has 1 unspecified atom stereocenters. The van der Waals surface area contributed by atoms with Gasteiger partial charge in [-0.25, -0.2) is 0 Å².